The molecule has 1 N–H and O–H groups in total. The Bertz CT molecular complexity index is 1390. The van der Waals surface area contributed by atoms with Gasteiger partial charge in [0, 0.05) is 6.54 Å². The quantitative estimate of drug-likeness (QED) is 0.374. The minimum absolute atomic E-state index is 0.0772. The second-order valence-electron chi connectivity index (χ2n) is 11.0. The number of halogens is 5. The van der Waals surface area contributed by atoms with Crippen molar-refractivity contribution in [2.24, 2.45) is 5.41 Å². The molecule has 3 aliphatic carbocycles. The summed E-state index contributed by atoms with van der Waals surface area (Å²) in [5.74, 6) is -5.79. The predicted molar refractivity (Wildman–Crippen MR) is 127 cm³/mol. The number of allylic oxidation sites excluding steroid dienone is 1. The number of amides is 2. The summed E-state index contributed by atoms with van der Waals surface area (Å²) in [4.78, 5) is 26.4. The van der Waals surface area contributed by atoms with Gasteiger partial charge in [0.25, 0.3) is 5.92 Å². The van der Waals surface area contributed by atoms with Gasteiger partial charge in [-0.15, -0.1) is 0 Å². The molecule has 1 heterocycles. The highest BCUT2D eigenvalue weighted by molar-refractivity contribution is 7.92. The fourth-order valence-electron chi connectivity index (χ4n) is 5.36. The van der Waals surface area contributed by atoms with Crippen LogP contribution in [0.4, 0.5) is 22.0 Å². The normalized spacial score (nSPS) is 25.5. The van der Waals surface area contributed by atoms with E-state index in [-0.39, 0.29) is 18.8 Å². The van der Waals surface area contributed by atoms with Crippen LogP contribution in [-0.4, -0.2) is 54.4 Å². The first-order valence-corrected chi connectivity index (χ1v) is 14.2. The zero-order valence-corrected chi connectivity index (χ0v) is 21.5. The molecular weight excluding hydrogens is 545 g/mol. The fraction of sp³-hybridized carbons (Fsp3) is 0.577. The van der Waals surface area contributed by atoms with Gasteiger partial charge in [0.2, 0.25) is 11.8 Å². The van der Waals surface area contributed by atoms with Crippen molar-refractivity contribution in [3.8, 4) is 6.07 Å². The van der Waals surface area contributed by atoms with E-state index in [1.165, 1.54) is 6.07 Å². The molecule has 1 aromatic carbocycles. The van der Waals surface area contributed by atoms with Crippen molar-refractivity contribution in [3.63, 3.8) is 0 Å². The zero-order chi connectivity index (χ0) is 28.6. The van der Waals surface area contributed by atoms with E-state index in [0.717, 1.165) is 17.0 Å². The van der Waals surface area contributed by atoms with Crippen LogP contribution in [0.1, 0.15) is 62.0 Å². The summed E-state index contributed by atoms with van der Waals surface area (Å²) in [5.41, 5.74) is -4.37. The highest BCUT2D eigenvalue weighted by Crippen LogP contribution is 2.59. The van der Waals surface area contributed by atoms with Crippen LogP contribution in [0.15, 0.2) is 35.7 Å². The molecule has 39 heavy (non-hydrogen) atoms. The Morgan fingerprint density at radius 2 is 1.77 bits per heavy atom. The summed E-state index contributed by atoms with van der Waals surface area (Å²) >= 11 is 0. The van der Waals surface area contributed by atoms with Gasteiger partial charge in [-0.3, -0.25) is 9.59 Å². The summed E-state index contributed by atoms with van der Waals surface area (Å²) in [6, 6.07) is 3.42. The Balaban J connectivity index is 1.51. The first-order valence-electron chi connectivity index (χ1n) is 12.6. The van der Waals surface area contributed by atoms with Gasteiger partial charge in [-0.1, -0.05) is 12.6 Å². The lowest BCUT2D eigenvalue weighted by Crippen LogP contribution is -2.53. The number of carbonyl (C=O) groups excluding carboxylic acids is 2. The minimum Gasteiger partial charge on any atom is -0.336 e. The van der Waals surface area contributed by atoms with E-state index in [9.17, 15) is 45.2 Å². The van der Waals surface area contributed by atoms with Gasteiger partial charge >= 0.3 is 6.18 Å². The summed E-state index contributed by atoms with van der Waals surface area (Å²) in [6.45, 7) is 2.34. The van der Waals surface area contributed by atoms with Crippen molar-refractivity contribution < 1.29 is 40.0 Å². The number of hydrogen-bond acceptors (Lipinski definition) is 5. The molecule has 3 saturated carbocycles. The molecule has 210 valence electrons. The van der Waals surface area contributed by atoms with E-state index in [1.807, 2.05) is 6.07 Å². The number of hydrogen-bond donors (Lipinski definition) is 1. The Morgan fingerprint density at radius 3 is 2.26 bits per heavy atom. The van der Waals surface area contributed by atoms with Crippen LogP contribution in [0.3, 0.4) is 0 Å². The van der Waals surface area contributed by atoms with Crippen LogP contribution in [0, 0.1) is 16.7 Å². The molecule has 5 rings (SSSR count). The zero-order valence-electron chi connectivity index (χ0n) is 20.7. The van der Waals surface area contributed by atoms with Gasteiger partial charge in [0.1, 0.15) is 17.0 Å². The Hall–Kier alpha value is -3.01. The van der Waals surface area contributed by atoms with Crippen molar-refractivity contribution in [1.29, 1.82) is 5.26 Å². The Kier molecular flexibility index (Phi) is 6.18. The standard InChI is InChI=1S/C26H26F5N3O4S/c1-2-25(27,28)24(9-10-24)22(36)34-13-17(12-19(34)21(35)33-23(14-32)7-8-23)39(37,38)20-6-5-16(15-3-4-15)11-18(20)26(29,30)31/h2,5-6,11,15,17,19H,1,3-4,7-10,12-13H2,(H,33,35)/t17-,19+/m1/s1. The minimum atomic E-state index is -4.99. The van der Waals surface area contributed by atoms with E-state index >= 15 is 0 Å². The molecule has 1 saturated heterocycles. The largest absolute Gasteiger partial charge is 0.417 e. The average molecular weight is 572 g/mol. The first-order chi connectivity index (χ1) is 18.1. The van der Waals surface area contributed by atoms with Crippen LogP contribution >= 0.6 is 0 Å². The molecule has 0 radical (unpaired) electrons. The molecule has 1 aliphatic heterocycles. The molecule has 0 bridgehead atoms. The van der Waals surface area contributed by atoms with Gasteiger partial charge in [0.15, 0.2) is 9.84 Å². The van der Waals surface area contributed by atoms with Crippen molar-refractivity contribution >= 4 is 21.7 Å². The van der Waals surface area contributed by atoms with E-state index in [0.29, 0.717) is 37.3 Å². The highest BCUT2D eigenvalue weighted by atomic mass is 32.2. The molecule has 0 aromatic heterocycles. The topological polar surface area (TPSA) is 107 Å². The third-order valence-electron chi connectivity index (χ3n) is 8.31. The predicted octanol–water partition coefficient (Wildman–Crippen LogP) is 4.10. The number of nitrogens with zero attached hydrogens (tertiary/aromatic N) is 2. The number of alkyl halides is 5. The first kappa shape index (κ1) is 27.6. The summed E-state index contributed by atoms with van der Waals surface area (Å²) in [5, 5.41) is 10.2. The van der Waals surface area contributed by atoms with Crippen LogP contribution in [-0.2, 0) is 25.6 Å². The lowest BCUT2D eigenvalue weighted by Gasteiger charge is -2.31. The van der Waals surface area contributed by atoms with E-state index < -0.39 is 79.4 Å². The fourth-order valence-corrected chi connectivity index (χ4v) is 7.25. The molecule has 4 fully saturated rings. The summed E-state index contributed by atoms with van der Waals surface area (Å²) in [6.07, 6.45) is -3.69. The maximum absolute atomic E-state index is 14.7. The number of sulfone groups is 1. The molecule has 13 heteroatoms. The van der Waals surface area contributed by atoms with Crippen molar-refractivity contribution in [1.82, 2.24) is 10.2 Å². The molecule has 7 nitrogen and oxygen atoms in total. The van der Waals surface area contributed by atoms with Gasteiger partial charge in [-0.05, 0) is 74.6 Å². The number of likely N-dealkylation sites (tertiary alicyclic amines) is 1. The molecule has 4 aliphatic rings. The molecule has 1 aromatic rings. The highest BCUT2D eigenvalue weighted by Gasteiger charge is 2.68. The maximum Gasteiger partial charge on any atom is 0.417 e. The Morgan fingerprint density at radius 1 is 1.13 bits per heavy atom. The second-order valence-corrected chi connectivity index (χ2v) is 13.2. The van der Waals surface area contributed by atoms with Crippen LogP contribution in [0.25, 0.3) is 0 Å². The van der Waals surface area contributed by atoms with E-state index in [2.05, 4.69) is 11.9 Å². The lowest BCUT2D eigenvalue weighted by molar-refractivity contribution is -0.153. The van der Waals surface area contributed by atoms with Crippen molar-refractivity contribution in [2.45, 2.75) is 84.7 Å². The summed E-state index contributed by atoms with van der Waals surface area (Å²) < 4.78 is 98.6. The third-order valence-corrected chi connectivity index (χ3v) is 10.5. The molecule has 2 atom stereocenters. The van der Waals surface area contributed by atoms with E-state index in [1.54, 1.807) is 0 Å². The summed E-state index contributed by atoms with van der Waals surface area (Å²) in [7, 11) is -4.77. The average Bonchev–Trinajstić information content (AvgIpc) is 3.76. The molecule has 2 amide bonds. The number of nitrogens with one attached hydrogen (secondary N) is 1. The monoisotopic (exact) mass is 571 g/mol. The smallest absolute Gasteiger partial charge is 0.336 e. The Labute approximate surface area is 221 Å². The third kappa shape index (κ3) is 4.60. The number of rotatable bonds is 8. The van der Waals surface area contributed by atoms with Crippen LogP contribution in [0.5, 0.6) is 0 Å². The van der Waals surface area contributed by atoms with Gasteiger partial charge < -0.3 is 10.2 Å². The van der Waals surface area contributed by atoms with Crippen LogP contribution in [0.2, 0.25) is 0 Å². The van der Waals surface area contributed by atoms with Crippen LogP contribution < -0.4 is 5.32 Å². The lowest BCUT2D eigenvalue weighted by atomic mass is 9.95. The van der Waals surface area contributed by atoms with Crippen molar-refractivity contribution in [3.05, 3.63) is 42.0 Å². The molecule has 0 spiro atoms. The van der Waals surface area contributed by atoms with Gasteiger partial charge in [-0.2, -0.15) is 18.4 Å². The number of benzene rings is 1. The number of carbonyl (C=O) groups is 2. The van der Waals surface area contributed by atoms with E-state index in [4.69, 9.17) is 0 Å². The second kappa shape index (κ2) is 8.74. The molecule has 0 unspecified atom stereocenters. The van der Waals surface area contributed by atoms with Gasteiger partial charge in [0.05, 0.1) is 21.8 Å². The van der Waals surface area contributed by atoms with Crippen molar-refractivity contribution in [2.75, 3.05) is 6.54 Å². The number of nitriles is 1. The maximum atomic E-state index is 14.7. The van der Waals surface area contributed by atoms with Gasteiger partial charge in [-0.25, -0.2) is 17.2 Å². The SMILES string of the molecule is C=CC(F)(F)C1(C(=O)N2C[C@H](S(=O)(=O)c3ccc(C4CC4)cc3C(F)(F)F)C[C@H]2C(=O)NC2(C#N)CC2)CC1. The molecular formula is C26H26F5N3O4S.